The average molecular weight is 369 g/mol. The predicted octanol–water partition coefficient (Wildman–Crippen LogP) is 4.99. The van der Waals surface area contributed by atoms with Gasteiger partial charge in [-0.3, -0.25) is 0 Å². The van der Waals surface area contributed by atoms with Crippen molar-refractivity contribution in [2.45, 2.75) is 12.5 Å². The molecule has 20 heavy (non-hydrogen) atoms. The first-order chi connectivity index (χ1) is 9.63. The van der Waals surface area contributed by atoms with Gasteiger partial charge in [-0.2, -0.15) is 0 Å². The van der Waals surface area contributed by atoms with Crippen LogP contribution in [0, 0.1) is 0 Å². The van der Waals surface area contributed by atoms with Gasteiger partial charge < -0.3 is 5.11 Å². The molecular formula is C15H11BrClNOS. The molecule has 0 aliphatic heterocycles. The van der Waals surface area contributed by atoms with Crippen LogP contribution < -0.4 is 0 Å². The van der Waals surface area contributed by atoms with Crippen molar-refractivity contribution in [3.63, 3.8) is 0 Å². The number of benzene rings is 2. The van der Waals surface area contributed by atoms with Crippen LogP contribution in [0.5, 0.6) is 0 Å². The average Bonchev–Trinajstić information content (AvgIpc) is 2.83. The van der Waals surface area contributed by atoms with Gasteiger partial charge in [0.15, 0.2) is 0 Å². The lowest BCUT2D eigenvalue weighted by Gasteiger charge is -2.11. The Balaban J connectivity index is 1.88. The van der Waals surface area contributed by atoms with Gasteiger partial charge in [0.05, 0.1) is 21.3 Å². The Morgan fingerprint density at radius 3 is 2.85 bits per heavy atom. The second kappa shape index (κ2) is 5.82. The number of aliphatic hydroxyl groups excluding tert-OH is 1. The third-order valence-electron chi connectivity index (χ3n) is 3.02. The number of para-hydroxylation sites is 1. The summed E-state index contributed by atoms with van der Waals surface area (Å²) in [4.78, 5) is 4.53. The summed E-state index contributed by atoms with van der Waals surface area (Å²) in [5.41, 5.74) is 1.69. The van der Waals surface area contributed by atoms with E-state index in [-0.39, 0.29) is 0 Å². The Labute approximate surface area is 134 Å². The van der Waals surface area contributed by atoms with Gasteiger partial charge in [0, 0.05) is 21.5 Å². The number of nitrogens with zero attached hydrogens (tertiary/aromatic N) is 1. The molecule has 102 valence electrons. The van der Waals surface area contributed by atoms with Gasteiger partial charge in [-0.25, -0.2) is 4.98 Å². The highest BCUT2D eigenvalue weighted by Crippen LogP contribution is 2.31. The zero-order valence-electron chi connectivity index (χ0n) is 10.4. The maximum atomic E-state index is 10.4. The highest BCUT2D eigenvalue weighted by Gasteiger charge is 2.15. The van der Waals surface area contributed by atoms with Gasteiger partial charge in [0.25, 0.3) is 0 Å². The molecule has 1 aromatic heterocycles. The molecule has 3 rings (SSSR count). The van der Waals surface area contributed by atoms with Crippen molar-refractivity contribution in [3.05, 3.63) is 62.5 Å². The molecule has 0 spiro atoms. The maximum Gasteiger partial charge on any atom is 0.0967 e. The van der Waals surface area contributed by atoms with Gasteiger partial charge in [-0.05, 0) is 30.3 Å². The molecule has 1 unspecified atom stereocenters. The fourth-order valence-corrected chi connectivity index (χ4v) is 3.68. The number of hydrogen-bond acceptors (Lipinski definition) is 3. The number of aliphatic hydroxyl groups is 1. The standard InChI is InChI=1S/C15H11BrClNOS/c16-9-5-6-11(17)10(7-9)13(19)8-15-18-12-3-1-2-4-14(12)20-15/h1-7,13,19H,8H2. The van der Waals surface area contributed by atoms with Crippen LogP contribution in [-0.4, -0.2) is 10.1 Å². The molecule has 2 nitrogen and oxygen atoms in total. The third kappa shape index (κ3) is 2.88. The van der Waals surface area contributed by atoms with Crippen LogP contribution in [0.4, 0.5) is 0 Å². The number of fused-ring (bicyclic) bond motifs is 1. The molecule has 0 bridgehead atoms. The normalized spacial score (nSPS) is 12.8. The monoisotopic (exact) mass is 367 g/mol. The van der Waals surface area contributed by atoms with Crippen LogP contribution in [0.25, 0.3) is 10.2 Å². The Bertz CT molecular complexity index is 725. The molecule has 0 aliphatic carbocycles. The molecule has 3 aromatic rings. The zero-order valence-corrected chi connectivity index (χ0v) is 13.5. The Hall–Kier alpha value is -0.940. The van der Waals surface area contributed by atoms with E-state index < -0.39 is 6.10 Å². The first kappa shape index (κ1) is 14.0. The molecule has 0 saturated heterocycles. The topological polar surface area (TPSA) is 33.1 Å². The van der Waals surface area contributed by atoms with E-state index in [1.165, 1.54) is 0 Å². The Morgan fingerprint density at radius 2 is 2.05 bits per heavy atom. The van der Waals surface area contributed by atoms with E-state index in [1.807, 2.05) is 36.4 Å². The molecule has 0 saturated carbocycles. The van der Waals surface area contributed by atoms with Crippen LogP contribution in [-0.2, 0) is 6.42 Å². The summed E-state index contributed by atoms with van der Waals surface area (Å²) in [6, 6.07) is 13.5. The van der Waals surface area contributed by atoms with Crippen molar-refractivity contribution in [1.29, 1.82) is 0 Å². The molecule has 0 radical (unpaired) electrons. The Kier molecular flexibility index (Phi) is 4.08. The smallest absolute Gasteiger partial charge is 0.0967 e. The fraction of sp³-hybridized carbons (Fsp3) is 0.133. The predicted molar refractivity (Wildman–Crippen MR) is 87.4 cm³/mol. The van der Waals surface area contributed by atoms with E-state index in [2.05, 4.69) is 20.9 Å². The minimum Gasteiger partial charge on any atom is -0.388 e. The van der Waals surface area contributed by atoms with E-state index >= 15 is 0 Å². The third-order valence-corrected chi connectivity index (χ3v) is 4.92. The number of aromatic nitrogens is 1. The van der Waals surface area contributed by atoms with Crippen molar-refractivity contribution < 1.29 is 5.11 Å². The molecule has 0 aliphatic rings. The zero-order chi connectivity index (χ0) is 14.1. The second-order valence-electron chi connectivity index (χ2n) is 4.46. The Morgan fingerprint density at radius 1 is 1.25 bits per heavy atom. The van der Waals surface area contributed by atoms with Gasteiger partial charge in [-0.15, -0.1) is 11.3 Å². The first-order valence-corrected chi connectivity index (χ1v) is 8.09. The van der Waals surface area contributed by atoms with Gasteiger partial charge in [0.1, 0.15) is 0 Å². The molecule has 0 fully saturated rings. The lowest BCUT2D eigenvalue weighted by Crippen LogP contribution is -2.02. The molecule has 0 amide bonds. The molecule has 1 N–H and O–H groups in total. The molecule has 2 aromatic carbocycles. The van der Waals surface area contributed by atoms with E-state index in [9.17, 15) is 5.11 Å². The highest BCUT2D eigenvalue weighted by atomic mass is 79.9. The maximum absolute atomic E-state index is 10.4. The second-order valence-corrected chi connectivity index (χ2v) is 6.90. The minimum absolute atomic E-state index is 0.468. The van der Waals surface area contributed by atoms with Crippen molar-refractivity contribution in [3.8, 4) is 0 Å². The minimum atomic E-state index is -0.652. The van der Waals surface area contributed by atoms with Crippen molar-refractivity contribution >= 4 is 49.1 Å². The van der Waals surface area contributed by atoms with Crippen molar-refractivity contribution in [2.75, 3.05) is 0 Å². The summed E-state index contributed by atoms with van der Waals surface area (Å²) in [6.45, 7) is 0. The van der Waals surface area contributed by atoms with E-state index in [0.29, 0.717) is 11.4 Å². The number of rotatable bonds is 3. The lowest BCUT2D eigenvalue weighted by atomic mass is 10.1. The molecule has 1 heterocycles. The summed E-state index contributed by atoms with van der Waals surface area (Å²) in [6.07, 6.45) is -0.184. The summed E-state index contributed by atoms with van der Waals surface area (Å²) < 4.78 is 2.04. The number of halogens is 2. The van der Waals surface area contributed by atoms with E-state index in [4.69, 9.17) is 11.6 Å². The summed E-state index contributed by atoms with van der Waals surface area (Å²) in [5.74, 6) is 0. The lowest BCUT2D eigenvalue weighted by molar-refractivity contribution is 0.178. The van der Waals surface area contributed by atoms with Crippen molar-refractivity contribution in [1.82, 2.24) is 4.98 Å². The fourth-order valence-electron chi connectivity index (χ4n) is 2.05. The van der Waals surface area contributed by atoms with Crippen LogP contribution >= 0.6 is 38.9 Å². The quantitative estimate of drug-likeness (QED) is 0.706. The summed E-state index contributed by atoms with van der Waals surface area (Å²) >= 11 is 11.1. The van der Waals surface area contributed by atoms with Gasteiger partial charge >= 0.3 is 0 Å². The number of hydrogen-bond donors (Lipinski definition) is 1. The SMILES string of the molecule is OC(Cc1nc2ccccc2s1)c1cc(Br)ccc1Cl. The molecule has 1 atom stereocenters. The summed E-state index contributed by atoms with van der Waals surface area (Å²) in [7, 11) is 0. The molecular weight excluding hydrogens is 358 g/mol. The van der Waals surface area contributed by atoms with Gasteiger partial charge in [-0.1, -0.05) is 39.7 Å². The van der Waals surface area contributed by atoms with Crippen LogP contribution in [0.1, 0.15) is 16.7 Å². The van der Waals surface area contributed by atoms with Gasteiger partial charge in [0.2, 0.25) is 0 Å². The first-order valence-electron chi connectivity index (χ1n) is 6.11. The van der Waals surface area contributed by atoms with E-state index in [1.54, 1.807) is 17.4 Å². The highest BCUT2D eigenvalue weighted by molar-refractivity contribution is 9.10. The molecule has 5 heteroatoms. The van der Waals surface area contributed by atoms with Crippen LogP contribution in [0.15, 0.2) is 46.9 Å². The largest absolute Gasteiger partial charge is 0.388 e. The van der Waals surface area contributed by atoms with Crippen molar-refractivity contribution in [2.24, 2.45) is 0 Å². The van der Waals surface area contributed by atoms with E-state index in [0.717, 1.165) is 25.3 Å². The summed E-state index contributed by atoms with van der Waals surface area (Å²) in [5, 5.41) is 11.8. The number of thiazole rings is 1. The van der Waals surface area contributed by atoms with Crippen LogP contribution in [0.3, 0.4) is 0 Å². The van der Waals surface area contributed by atoms with Crippen LogP contribution in [0.2, 0.25) is 5.02 Å².